The Labute approximate surface area is 129 Å². The number of nitrogens with one attached hydrogen (secondary N) is 1. The lowest BCUT2D eigenvalue weighted by Gasteiger charge is -2.09. The van der Waals surface area contributed by atoms with Gasteiger partial charge in [0.15, 0.2) is 10.6 Å². The van der Waals surface area contributed by atoms with Crippen LogP contribution in [-0.2, 0) is 0 Å². The van der Waals surface area contributed by atoms with Gasteiger partial charge >= 0.3 is 0 Å². The standard InChI is InChI=1S/C14H11BrN4S/c1-9-5-6-10(15)12(8-9)19-13(17-18-14(19)20)11-4-2-3-7-16-11/h2-8H,1H3,(H,18,20). The van der Waals surface area contributed by atoms with E-state index in [0.717, 1.165) is 21.4 Å². The van der Waals surface area contributed by atoms with Gasteiger partial charge in [-0.2, -0.15) is 5.10 Å². The van der Waals surface area contributed by atoms with Gasteiger partial charge in [0.25, 0.3) is 0 Å². The fourth-order valence-corrected chi connectivity index (χ4v) is 2.64. The molecule has 0 aliphatic carbocycles. The van der Waals surface area contributed by atoms with Gasteiger partial charge in [-0.15, -0.1) is 0 Å². The maximum absolute atomic E-state index is 5.35. The van der Waals surface area contributed by atoms with Crippen LogP contribution in [0.2, 0.25) is 0 Å². The van der Waals surface area contributed by atoms with Crippen molar-refractivity contribution in [3.05, 3.63) is 57.4 Å². The van der Waals surface area contributed by atoms with Crippen molar-refractivity contribution >= 4 is 28.1 Å². The Morgan fingerprint density at radius 3 is 2.85 bits per heavy atom. The van der Waals surface area contributed by atoms with Crippen LogP contribution in [0.3, 0.4) is 0 Å². The van der Waals surface area contributed by atoms with Crippen LogP contribution in [0.5, 0.6) is 0 Å². The van der Waals surface area contributed by atoms with E-state index in [1.165, 1.54) is 0 Å². The summed E-state index contributed by atoms with van der Waals surface area (Å²) in [4.78, 5) is 4.34. The van der Waals surface area contributed by atoms with Crippen molar-refractivity contribution in [2.45, 2.75) is 6.92 Å². The number of hydrogen-bond donors (Lipinski definition) is 1. The molecule has 100 valence electrons. The van der Waals surface area contributed by atoms with Gasteiger partial charge in [0.2, 0.25) is 0 Å². The summed E-state index contributed by atoms with van der Waals surface area (Å²) >= 11 is 8.92. The normalized spacial score (nSPS) is 10.7. The molecule has 0 fully saturated rings. The highest BCUT2D eigenvalue weighted by atomic mass is 79.9. The summed E-state index contributed by atoms with van der Waals surface area (Å²) in [5.41, 5.74) is 2.87. The molecule has 0 aliphatic rings. The van der Waals surface area contributed by atoms with Gasteiger partial charge in [-0.25, -0.2) is 0 Å². The molecule has 0 radical (unpaired) electrons. The lowest BCUT2D eigenvalue weighted by atomic mass is 10.2. The van der Waals surface area contributed by atoms with Crippen LogP contribution in [0, 0.1) is 11.7 Å². The third kappa shape index (κ3) is 2.32. The minimum atomic E-state index is 0.539. The summed E-state index contributed by atoms with van der Waals surface area (Å²) in [5.74, 6) is 0.696. The first kappa shape index (κ1) is 13.2. The Bertz CT molecular complexity index is 808. The molecular formula is C14H11BrN4S. The lowest BCUT2D eigenvalue weighted by Crippen LogP contribution is -2.00. The molecule has 20 heavy (non-hydrogen) atoms. The van der Waals surface area contributed by atoms with E-state index < -0.39 is 0 Å². The minimum absolute atomic E-state index is 0.539. The molecule has 0 aliphatic heterocycles. The number of pyridine rings is 1. The summed E-state index contributed by atoms with van der Waals surface area (Å²) in [6, 6.07) is 11.8. The molecule has 3 aromatic rings. The van der Waals surface area contributed by atoms with Gasteiger partial charge in [-0.1, -0.05) is 12.1 Å². The molecule has 0 unspecified atom stereocenters. The highest BCUT2D eigenvalue weighted by molar-refractivity contribution is 9.10. The van der Waals surface area contributed by atoms with Crippen LogP contribution in [0.4, 0.5) is 0 Å². The third-order valence-electron chi connectivity index (χ3n) is 2.91. The predicted molar refractivity (Wildman–Crippen MR) is 84.4 cm³/mol. The number of nitrogens with zero attached hydrogens (tertiary/aromatic N) is 3. The minimum Gasteiger partial charge on any atom is -0.266 e. The summed E-state index contributed by atoms with van der Waals surface area (Å²) in [5, 5.41) is 7.13. The first-order chi connectivity index (χ1) is 9.66. The SMILES string of the molecule is Cc1ccc(Br)c(-n2c(-c3ccccn3)n[nH]c2=S)c1. The molecule has 0 bridgehead atoms. The van der Waals surface area contributed by atoms with Crippen LogP contribution < -0.4 is 0 Å². The Kier molecular flexibility index (Phi) is 3.50. The second-order valence-corrected chi connectivity index (χ2v) is 5.60. The molecule has 3 rings (SSSR count). The van der Waals surface area contributed by atoms with Gasteiger partial charge in [0, 0.05) is 10.7 Å². The summed E-state index contributed by atoms with van der Waals surface area (Å²) in [6.07, 6.45) is 1.74. The van der Waals surface area contributed by atoms with Crippen LogP contribution in [0.15, 0.2) is 47.1 Å². The van der Waals surface area contributed by atoms with Crippen molar-refractivity contribution in [3.8, 4) is 17.2 Å². The predicted octanol–water partition coefficient (Wildman–Crippen LogP) is 4.06. The molecule has 2 heterocycles. The Morgan fingerprint density at radius 1 is 1.25 bits per heavy atom. The first-order valence-electron chi connectivity index (χ1n) is 6.02. The smallest absolute Gasteiger partial charge is 0.200 e. The van der Waals surface area contributed by atoms with Crippen molar-refractivity contribution in [3.63, 3.8) is 0 Å². The molecule has 1 N–H and O–H groups in total. The monoisotopic (exact) mass is 346 g/mol. The first-order valence-corrected chi connectivity index (χ1v) is 7.22. The van der Waals surface area contributed by atoms with E-state index in [4.69, 9.17) is 12.2 Å². The van der Waals surface area contributed by atoms with Gasteiger partial charge in [-0.05, 0) is 64.9 Å². The summed E-state index contributed by atoms with van der Waals surface area (Å²) in [7, 11) is 0. The van der Waals surface area contributed by atoms with Crippen molar-refractivity contribution in [1.29, 1.82) is 0 Å². The van der Waals surface area contributed by atoms with Crippen LogP contribution in [0.1, 0.15) is 5.56 Å². The number of H-pyrrole nitrogens is 1. The zero-order valence-corrected chi connectivity index (χ0v) is 13.1. The van der Waals surface area contributed by atoms with Crippen molar-refractivity contribution in [2.75, 3.05) is 0 Å². The molecule has 0 atom stereocenters. The molecule has 1 aromatic carbocycles. The van der Waals surface area contributed by atoms with Crippen molar-refractivity contribution in [1.82, 2.24) is 19.7 Å². The zero-order valence-electron chi connectivity index (χ0n) is 10.7. The molecule has 0 saturated heterocycles. The van der Waals surface area contributed by atoms with Crippen molar-refractivity contribution in [2.24, 2.45) is 0 Å². The van der Waals surface area contributed by atoms with E-state index >= 15 is 0 Å². The van der Waals surface area contributed by atoms with E-state index in [-0.39, 0.29) is 0 Å². The van der Waals surface area contributed by atoms with Crippen LogP contribution in [0.25, 0.3) is 17.2 Å². The van der Waals surface area contributed by atoms with Crippen LogP contribution in [-0.4, -0.2) is 19.7 Å². The van der Waals surface area contributed by atoms with Crippen molar-refractivity contribution < 1.29 is 0 Å². The number of aromatic nitrogens is 4. The number of benzene rings is 1. The summed E-state index contributed by atoms with van der Waals surface area (Å²) < 4.78 is 3.38. The largest absolute Gasteiger partial charge is 0.266 e. The maximum atomic E-state index is 5.35. The highest BCUT2D eigenvalue weighted by Crippen LogP contribution is 2.26. The molecule has 0 saturated carbocycles. The number of hydrogen-bond acceptors (Lipinski definition) is 3. The zero-order chi connectivity index (χ0) is 14.1. The van der Waals surface area contributed by atoms with Gasteiger partial charge in [0.1, 0.15) is 5.69 Å². The van der Waals surface area contributed by atoms with E-state index in [1.807, 2.05) is 41.8 Å². The second kappa shape index (κ2) is 5.30. The fraction of sp³-hybridized carbons (Fsp3) is 0.0714. The molecule has 6 heteroatoms. The molecular weight excluding hydrogens is 336 g/mol. The average Bonchev–Trinajstić information content (AvgIpc) is 2.84. The number of aryl methyl sites for hydroxylation is 1. The van der Waals surface area contributed by atoms with E-state index in [9.17, 15) is 0 Å². The van der Waals surface area contributed by atoms with Gasteiger partial charge in [-0.3, -0.25) is 14.6 Å². The quantitative estimate of drug-likeness (QED) is 0.711. The Balaban J connectivity index is 2.27. The second-order valence-electron chi connectivity index (χ2n) is 4.36. The lowest BCUT2D eigenvalue weighted by molar-refractivity contribution is 1.02. The number of rotatable bonds is 2. The highest BCUT2D eigenvalue weighted by Gasteiger charge is 2.13. The van der Waals surface area contributed by atoms with Crippen LogP contribution >= 0.6 is 28.1 Å². The Morgan fingerprint density at radius 2 is 2.10 bits per heavy atom. The van der Waals surface area contributed by atoms with E-state index in [0.29, 0.717) is 10.6 Å². The molecule has 0 spiro atoms. The Hall–Kier alpha value is -1.79. The third-order valence-corrected chi connectivity index (χ3v) is 3.85. The molecule has 2 aromatic heterocycles. The molecule has 0 amide bonds. The number of halogens is 1. The topological polar surface area (TPSA) is 46.5 Å². The van der Waals surface area contributed by atoms with Gasteiger partial charge in [0.05, 0.1) is 5.69 Å². The fourth-order valence-electron chi connectivity index (χ4n) is 1.98. The maximum Gasteiger partial charge on any atom is 0.200 e. The van der Waals surface area contributed by atoms with E-state index in [2.05, 4.69) is 37.2 Å². The summed E-state index contributed by atoms with van der Waals surface area (Å²) in [6.45, 7) is 2.04. The van der Waals surface area contributed by atoms with E-state index in [1.54, 1.807) is 6.20 Å². The van der Waals surface area contributed by atoms with Gasteiger partial charge < -0.3 is 0 Å². The average molecular weight is 347 g/mol. The number of aromatic amines is 1. The molecule has 4 nitrogen and oxygen atoms in total.